The summed E-state index contributed by atoms with van der Waals surface area (Å²) in [5, 5.41) is 5.10. The van der Waals surface area contributed by atoms with Crippen molar-refractivity contribution in [3.8, 4) is 0 Å². The maximum atomic E-state index is 12.4. The molecule has 106 valence electrons. The Morgan fingerprint density at radius 2 is 2.11 bits per heavy atom. The minimum atomic E-state index is 0. The van der Waals surface area contributed by atoms with E-state index in [9.17, 15) is 9.59 Å². The smallest absolute Gasteiger partial charge is 0.264 e. The summed E-state index contributed by atoms with van der Waals surface area (Å²) in [6, 6.07) is 2.18. The number of nitrogens with one attached hydrogen (secondary N) is 1. The fraction of sp³-hybridized carbons (Fsp3) is 0.538. The van der Waals surface area contributed by atoms with Gasteiger partial charge in [-0.1, -0.05) is 0 Å². The third-order valence-electron chi connectivity index (χ3n) is 3.51. The van der Waals surface area contributed by atoms with Crippen LogP contribution in [-0.2, 0) is 0 Å². The van der Waals surface area contributed by atoms with E-state index in [1.54, 1.807) is 11.4 Å². The number of amides is 1. The van der Waals surface area contributed by atoms with Crippen LogP contribution in [-0.4, -0.2) is 41.8 Å². The first-order chi connectivity index (χ1) is 8.50. The lowest BCUT2D eigenvalue weighted by atomic mass is 10.1. The van der Waals surface area contributed by atoms with E-state index in [-0.39, 0.29) is 30.1 Å². The van der Waals surface area contributed by atoms with E-state index in [1.807, 2.05) is 11.8 Å². The van der Waals surface area contributed by atoms with E-state index in [2.05, 4.69) is 12.2 Å². The molecule has 4 nitrogen and oxygen atoms in total. The van der Waals surface area contributed by atoms with Crippen LogP contribution in [0.2, 0.25) is 0 Å². The van der Waals surface area contributed by atoms with Crippen molar-refractivity contribution in [3.63, 3.8) is 0 Å². The number of piperazine rings is 1. The molecule has 0 radical (unpaired) electrons. The van der Waals surface area contributed by atoms with Crippen LogP contribution in [0.5, 0.6) is 0 Å². The predicted octanol–water partition coefficient (Wildman–Crippen LogP) is 2.19. The molecule has 0 aromatic carbocycles. The van der Waals surface area contributed by atoms with Gasteiger partial charge in [0.2, 0.25) is 0 Å². The molecule has 2 atom stereocenters. The molecule has 2 heterocycles. The average Bonchev–Trinajstić information content (AvgIpc) is 2.81. The van der Waals surface area contributed by atoms with Crippen LogP contribution in [0.25, 0.3) is 0 Å². The summed E-state index contributed by atoms with van der Waals surface area (Å²) in [4.78, 5) is 26.2. The van der Waals surface area contributed by atoms with E-state index in [1.165, 1.54) is 18.3 Å². The highest BCUT2D eigenvalue weighted by Gasteiger charge is 2.29. The molecule has 0 spiro atoms. The summed E-state index contributed by atoms with van der Waals surface area (Å²) in [6.45, 7) is 7.19. The molecule has 1 aliphatic rings. The summed E-state index contributed by atoms with van der Waals surface area (Å²) in [7, 11) is 0. The number of carbonyl (C=O) groups is 2. The minimum Gasteiger partial charge on any atom is -0.332 e. The van der Waals surface area contributed by atoms with Gasteiger partial charge in [0.15, 0.2) is 5.78 Å². The van der Waals surface area contributed by atoms with Crippen LogP contribution < -0.4 is 5.32 Å². The molecule has 1 aromatic heterocycles. The summed E-state index contributed by atoms with van der Waals surface area (Å²) < 4.78 is 0. The number of carbonyl (C=O) groups excluding carboxylic acids is 2. The molecule has 0 aliphatic carbocycles. The van der Waals surface area contributed by atoms with Gasteiger partial charge in [0, 0.05) is 36.1 Å². The van der Waals surface area contributed by atoms with Gasteiger partial charge in [-0.25, -0.2) is 0 Å². The number of ketones is 1. The SMILES string of the molecule is CC(=O)c1csc(C(=O)N2CCNC(C)C2C)c1.Cl. The monoisotopic (exact) mass is 302 g/mol. The van der Waals surface area contributed by atoms with Gasteiger partial charge in [0.1, 0.15) is 0 Å². The highest BCUT2D eigenvalue weighted by molar-refractivity contribution is 7.12. The Bertz CT molecular complexity index is 475. The van der Waals surface area contributed by atoms with E-state index < -0.39 is 0 Å². The molecular formula is C13H19ClN2O2S. The molecular weight excluding hydrogens is 284 g/mol. The van der Waals surface area contributed by atoms with Gasteiger partial charge in [-0.2, -0.15) is 0 Å². The third-order valence-corrected chi connectivity index (χ3v) is 4.43. The van der Waals surface area contributed by atoms with Crippen LogP contribution in [0.1, 0.15) is 40.8 Å². The normalized spacial score (nSPS) is 22.8. The van der Waals surface area contributed by atoms with Crippen LogP contribution in [0.15, 0.2) is 11.4 Å². The summed E-state index contributed by atoms with van der Waals surface area (Å²) in [5.74, 6) is 0.0420. The topological polar surface area (TPSA) is 49.4 Å². The molecule has 1 fully saturated rings. The number of hydrogen-bond donors (Lipinski definition) is 1. The van der Waals surface area contributed by atoms with Gasteiger partial charge in [-0.05, 0) is 26.8 Å². The lowest BCUT2D eigenvalue weighted by molar-refractivity contribution is 0.0608. The minimum absolute atomic E-state index is 0. The van der Waals surface area contributed by atoms with Crippen molar-refractivity contribution in [1.82, 2.24) is 10.2 Å². The van der Waals surface area contributed by atoms with Crippen molar-refractivity contribution in [2.75, 3.05) is 13.1 Å². The van der Waals surface area contributed by atoms with E-state index in [0.717, 1.165) is 13.1 Å². The summed E-state index contributed by atoms with van der Waals surface area (Å²) in [6.07, 6.45) is 0. The van der Waals surface area contributed by atoms with Crippen LogP contribution in [0, 0.1) is 0 Å². The molecule has 0 bridgehead atoms. The highest BCUT2D eigenvalue weighted by atomic mass is 35.5. The van der Waals surface area contributed by atoms with Gasteiger partial charge in [-0.15, -0.1) is 23.7 Å². The highest BCUT2D eigenvalue weighted by Crippen LogP contribution is 2.20. The van der Waals surface area contributed by atoms with Crippen molar-refractivity contribution < 1.29 is 9.59 Å². The largest absolute Gasteiger partial charge is 0.332 e. The molecule has 1 N–H and O–H groups in total. The first kappa shape index (κ1) is 16.1. The summed E-state index contributed by atoms with van der Waals surface area (Å²) >= 11 is 1.35. The second-order valence-electron chi connectivity index (χ2n) is 4.74. The Morgan fingerprint density at radius 3 is 2.68 bits per heavy atom. The Balaban J connectivity index is 0.00000180. The van der Waals surface area contributed by atoms with Crippen molar-refractivity contribution in [2.45, 2.75) is 32.9 Å². The number of nitrogens with zero attached hydrogens (tertiary/aromatic N) is 1. The first-order valence-electron chi connectivity index (χ1n) is 6.14. The lowest BCUT2D eigenvalue weighted by Gasteiger charge is -2.38. The standard InChI is InChI=1S/C13H18N2O2S.ClH/c1-8-9(2)15(5-4-14-8)13(17)12-6-11(7-18-12)10(3)16;/h6-9,14H,4-5H2,1-3H3;1H. The van der Waals surface area contributed by atoms with Gasteiger partial charge in [0.25, 0.3) is 5.91 Å². The number of halogens is 1. The zero-order valence-electron chi connectivity index (χ0n) is 11.3. The zero-order chi connectivity index (χ0) is 13.3. The van der Waals surface area contributed by atoms with E-state index >= 15 is 0 Å². The molecule has 2 rings (SSSR count). The molecule has 2 unspecified atom stereocenters. The van der Waals surface area contributed by atoms with Gasteiger partial charge in [0.05, 0.1) is 4.88 Å². The maximum Gasteiger partial charge on any atom is 0.264 e. The van der Waals surface area contributed by atoms with Crippen LogP contribution in [0.3, 0.4) is 0 Å². The molecule has 0 saturated carbocycles. The predicted molar refractivity (Wildman–Crippen MR) is 79.5 cm³/mol. The second kappa shape index (κ2) is 6.50. The quantitative estimate of drug-likeness (QED) is 0.852. The number of thiophene rings is 1. The number of rotatable bonds is 2. The molecule has 1 saturated heterocycles. The fourth-order valence-corrected chi connectivity index (χ4v) is 3.02. The molecule has 19 heavy (non-hydrogen) atoms. The lowest BCUT2D eigenvalue weighted by Crippen LogP contribution is -2.57. The van der Waals surface area contributed by atoms with E-state index in [0.29, 0.717) is 16.5 Å². The molecule has 6 heteroatoms. The molecule has 1 amide bonds. The average molecular weight is 303 g/mol. The molecule has 1 aromatic rings. The summed E-state index contributed by atoms with van der Waals surface area (Å²) in [5.41, 5.74) is 0.624. The van der Waals surface area contributed by atoms with Crippen molar-refractivity contribution in [1.29, 1.82) is 0 Å². The first-order valence-corrected chi connectivity index (χ1v) is 7.02. The second-order valence-corrected chi connectivity index (χ2v) is 5.65. The Kier molecular flexibility index (Phi) is 5.52. The van der Waals surface area contributed by atoms with Gasteiger partial charge < -0.3 is 10.2 Å². The van der Waals surface area contributed by atoms with Crippen LogP contribution in [0.4, 0.5) is 0 Å². The Hall–Kier alpha value is -0.910. The number of hydrogen-bond acceptors (Lipinski definition) is 4. The third kappa shape index (κ3) is 3.35. The van der Waals surface area contributed by atoms with Gasteiger partial charge in [-0.3, -0.25) is 9.59 Å². The Morgan fingerprint density at radius 1 is 1.42 bits per heavy atom. The zero-order valence-corrected chi connectivity index (χ0v) is 12.9. The fourth-order valence-electron chi connectivity index (χ4n) is 2.12. The van der Waals surface area contributed by atoms with Crippen LogP contribution >= 0.6 is 23.7 Å². The van der Waals surface area contributed by atoms with Crippen molar-refractivity contribution in [2.24, 2.45) is 0 Å². The molecule has 1 aliphatic heterocycles. The van der Waals surface area contributed by atoms with Gasteiger partial charge >= 0.3 is 0 Å². The number of Topliss-reactive ketones (excluding diaryl/α,β-unsaturated/α-hetero) is 1. The van der Waals surface area contributed by atoms with Crippen molar-refractivity contribution >= 4 is 35.4 Å². The maximum absolute atomic E-state index is 12.4. The van der Waals surface area contributed by atoms with Crippen molar-refractivity contribution in [3.05, 3.63) is 21.9 Å². The Labute approximate surface area is 123 Å². The van der Waals surface area contributed by atoms with E-state index in [4.69, 9.17) is 0 Å².